The predicted molar refractivity (Wildman–Crippen MR) is 70.9 cm³/mol. The minimum absolute atomic E-state index is 0.0274. The fraction of sp³-hybridized carbons (Fsp3) is 0.600. The van der Waals surface area contributed by atoms with Crippen LogP contribution < -0.4 is 5.73 Å². The zero-order valence-electron chi connectivity index (χ0n) is 10.4. The summed E-state index contributed by atoms with van der Waals surface area (Å²) in [5, 5.41) is 8.88. The Hall–Kier alpha value is -0.860. The standard InChI is InChI=1S/C15H23NO/c16-15(10-11-17)14-8-6-13(7-9-14)12-4-2-1-3-5-12/h6-9,12,15,17H,1-5,10-11,16H2. The fourth-order valence-corrected chi connectivity index (χ4v) is 2.76. The summed E-state index contributed by atoms with van der Waals surface area (Å²) in [5.41, 5.74) is 8.57. The number of hydrogen-bond acceptors (Lipinski definition) is 2. The van der Waals surface area contributed by atoms with Gasteiger partial charge >= 0.3 is 0 Å². The van der Waals surface area contributed by atoms with Crippen LogP contribution in [0, 0.1) is 0 Å². The molecule has 1 aliphatic carbocycles. The molecule has 0 heterocycles. The van der Waals surface area contributed by atoms with Crippen molar-refractivity contribution in [2.24, 2.45) is 5.73 Å². The largest absolute Gasteiger partial charge is 0.396 e. The van der Waals surface area contributed by atoms with Gasteiger partial charge in [-0.1, -0.05) is 43.5 Å². The summed E-state index contributed by atoms with van der Waals surface area (Å²) in [6, 6.07) is 8.68. The van der Waals surface area contributed by atoms with Gasteiger partial charge in [0.1, 0.15) is 0 Å². The molecule has 2 nitrogen and oxygen atoms in total. The first-order valence-electron chi connectivity index (χ1n) is 6.77. The summed E-state index contributed by atoms with van der Waals surface area (Å²) in [6.07, 6.45) is 7.45. The third-order valence-corrected chi connectivity index (χ3v) is 3.88. The van der Waals surface area contributed by atoms with Gasteiger partial charge < -0.3 is 10.8 Å². The molecular formula is C15H23NO. The van der Waals surface area contributed by atoms with Gasteiger partial charge in [0.25, 0.3) is 0 Å². The predicted octanol–water partition coefficient (Wildman–Crippen LogP) is 3.12. The van der Waals surface area contributed by atoms with Crippen LogP contribution >= 0.6 is 0 Å². The first-order valence-corrected chi connectivity index (χ1v) is 6.77. The molecule has 0 aromatic heterocycles. The number of aliphatic hydroxyl groups is 1. The molecule has 0 radical (unpaired) electrons. The molecule has 1 aromatic rings. The van der Waals surface area contributed by atoms with Crippen LogP contribution in [0.15, 0.2) is 24.3 Å². The highest BCUT2D eigenvalue weighted by Crippen LogP contribution is 2.32. The van der Waals surface area contributed by atoms with Crippen molar-refractivity contribution in [1.29, 1.82) is 0 Å². The quantitative estimate of drug-likeness (QED) is 0.839. The highest BCUT2D eigenvalue weighted by atomic mass is 16.3. The molecule has 2 heteroatoms. The molecule has 1 saturated carbocycles. The Kier molecular flexibility index (Phi) is 4.57. The zero-order chi connectivity index (χ0) is 12.1. The third-order valence-electron chi connectivity index (χ3n) is 3.88. The second kappa shape index (κ2) is 6.18. The van der Waals surface area contributed by atoms with E-state index in [9.17, 15) is 0 Å². The average molecular weight is 233 g/mol. The van der Waals surface area contributed by atoms with Gasteiger partial charge in [-0.15, -0.1) is 0 Å². The summed E-state index contributed by atoms with van der Waals surface area (Å²) >= 11 is 0. The number of benzene rings is 1. The van der Waals surface area contributed by atoms with Gasteiger partial charge in [-0.3, -0.25) is 0 Å². The van der Waals surface area contributed by atoms with E-state index in [-0.39, 0.29) is 12.6 Å². The van der Waals surface area contributed by atoms with Crippen LogP contribution in [0.5, 0.6) is 0 Å². The second-order valence-corrected chi connectivity index (χ2v) is 5.12. The Morgan fingerprint density at radius 2 is 1.76 bits per heavy atom. The van der Waals surface area contributed by atoms with Crippen molar-refractivity contribution in [2.45, 2.75) is 50.5 Å². The van der Waals surface area contributed by atoms with Gasteiger partial charge in [0, 0.05) is 12.6 Å². The zero-order valence-corrected chi connectivity index (χ0v) is 10.4. The number of aliphatic hydroxyl groups excluding tert-OH is 1. The molecule has 1 aliphatic rings. The molecule has 1 atom stereocenters. The number of rotatable bonds is 4. The summed E-state index contributed by atoms with van der Waals surface area (Å²) in [7, 11) is 0. The Balaban J connectivity index is 2.01. The van der Waals surface area contributed by atoms with Crippen LogP contribution in [0.1, 0.15) is 61.6 Å². The Morgan fingerprint density at radius 1 is 1.12 bits per heavy atom. The molecule has 94 valence electrons. The van der Waals surface area contributed by atoms with Crippen molar-refractivity contribution in [2.75, 3.05) is 6.61 Å². The summed E-state index contributed by atoms with van der Waals surface area (Å²) < 4.78 is 0. The molecule has 0 bridgehead atoms. The van der Waals surface area contributed by atoms with Gasteiger partial charge in [-0.25, -0.2) is 0 Å². The lowest BCUT2D eigenvalue weighted by molar-refractivity contribution is 0.276. The van der Waals surface area contributed by atoms with Crippen molar-refractivity contribution in [3.05, 3.63) is 35.4 Å². The van der Waals surface area contributed by atoms with Crippen LogP contribution in [0.25, 0.3) is 0 Å². The van der Waals surface area contributed by atoms with Gasteiger partial charge in [0.15, 0.2) is 0 Å². The topological polar surface area (TPSA) is 46.2 Å². The molecular weight excluding hydrogens is 210 g/mol. The maximum absolute atomic E-state index is 8.88. The molecule has 17 heavy (non-hydrogen) atoms. The van der Waals surface area contributed by atoms with E-state index in [2.05, 4.69) is 24.3 Å². The SMILES string of the molecule is NC(CCO)c1ccc(C2CCCCC2)cc1. The van der Waals surface area contributed by atoms with E-state index >= 15 is 0 Å². The molecule has 0 amide bonds. The van der Waals surface area contributed by atoms with E-state index in [1.165, 1.54) is 37.7 Å². The van der Waals surface area contributed by atoms with Gasteiger partial charge in [0.05, 0.1) is 0 Å². The highest BCUT2D eigenvalue weighted by molar-refractivity contribution is 5.27. The monoisotopic (exact) mass is 233 g/mol. The van der Waals surface area contributed by atoms with Crippen molar-refractivity contribution >= 4 is 0 Å². The van der Waals surface area contributed by atoms with Crippen molar-refractivity contribution < 1.29 is 5.11 Å². The summed E-state index contributed by atoms with van der Waals surface area (Å²) in [5.74, 6) is 0.756. The molecule has 1 aromatic carbocycles. The normalized spacial score (nSPS) is 19.2. The molecule has 1 fully saturated rings. The van der Waals surface area contributed by atoms with Crippen LogP contribution in [0.3, 0.4) is 0 Å². The molecule has 2 rings (SSSR count). The third kappa shape index (κ3) is 3.30. The smallest absolute Gasteiger partial charge is 0.0449 e. The highest BCUT2D eigenvalue weighted by Gasteiger charge is 2.15. The maximum atomic E-state index is 8.88. The number of hydrogen-bond donors (Lipinski definition) is 2. The van der Waals surface area contributed by atoms with E-state index in [1.54, 1.807) is 0 Å². The minimum atomic E-state index is -0.0274. The van der Waals surface area contributed by atoms with Crippen molar-refractivity contribution in [1.82, 2.24) is 0 Å². The first-order chi connectivity index (χ1) is 8.31. The van der Waals surface area contributed by atoms with Crippen LogP contribution in [0.2, 0.25) is 0 Å². The summed E-state index contributed by atoms with van der Waals surface area (Å²) in [6.45, 7) is 0.158. The Bertz CT molecular complexity index is 327. The lowest BCUT2D eigenvalue weighted by Crippen LogP contribution is -2.12. The average Bonchev–Trinajstić information content (AvgIpc) is 2.40. The Labute approximate surface area is 104 Å². The van der Waals surface area contributed by atoms with Gasteiger partial charge in [0.2, 0.25) is 0 Å². The van der Waals surface area contributed by atoms with Gasteiger partial charge in [-0.2, -0.15) is 0 Å². The second-order valence-electron chi connectivity index (χ2n) is 5.12. The molecule has 1 unspecified atom stereocenters. The van der Waals surface area contributed by atoms with E-state index < -0.39 is 0 Å². The van der Waals surface area contributed by atoms with E-state index in [4.69, 9.17) is 10.8 Å². The van der Waals surface area contributed by atoms with Crippen LogP contribution in [-0.4, -0.2) is 11.7 Å². The van der Waals surface area contributed by atoms with E-state index in [0.29, 0.717) is 6.42 Å². The molecule has 0 spiro atoms. The number of nitrogens with two attached hydrogens (primary N) is 1. The fourth-order valence-electron chi connectivity index (χ4n) is 2.76. The Morgan fingerprint density at radius 3 is 2.35 bits per heavy atom. The van der Waals surface area contributed by atoms with Crippen LogP contribution in [0.4, 0.5) is 0 Å². The van der Waals surface area contributed by atoms with E-state index in [0.717, 1.165) is 11.5 Å². The van der Waals surface area contributed by atoms with E-state index in [1.807, 2.05) is 0 Å². The van der Waals surface area contributed by atoms with Crippen molar-refractivity contribution in [3.8, 4) is 0 Å². The van der Waals surface area contributed by atoms with Gasteiger partial charge in [-0.05, 0) is 36.3 Å². The maximum Gasteiger partial charge on any atom is 0.0449 e. The summed E-state index contributed by atoms with van der Waals surface area (Å²) in [4.78, 5) is 0. The molecule has 3 N–H and O–H groups in total. The van der Waals surface area contributed by atoms with Crippen LogP contribution in [-0.2, 0) is 0 Å². The first kappa shape index (κ1) is 12.6. The lowest BCUT2D eigenvalue weighted by atomic mass is 9.83. The minimum Gasteiger partial charge on any atom is -0.396 e. The molecule has 0 saturated heterocycles. The molecule has 0 aliphatic heterocycles. The lowest BCUT2D eigenvalue weighted by Gasteiger charge is -2.22. The van der Waals surface area contributed by atoms with Crippen molar-refractivity contribution in [3.63, 3.8) is 0 Å².